The minimum atomic E-state index is 0.0289. The molecule has 0 aromatic heterocycles. The quantitative estimate of drug-likeness (QED) is 0.673. The highest BCUT2D eigenvalue weighted by Crippen LogP contribution is 2.25. The largest absolute Gasteiger partial charge is 0.198 e. The second-order valence-corrected chi connectivity index (χ2v) is 3.71. The highest BCUT2D eigenvalue weighted by atomic mass is 14.3. The number of rotatable bonds is 2. The monoisotopic (exact) mass is 173 g/mol. The van der Waals surface area contributed by atoms with Gasteiger partial charge in [0.1, 0.15) is 0 Å². The first-order valence-electron chi connectivity index (χ1n) is 4.62. The van der Waals surface area contributed by atoms with Crippen molar-refractivity contribution < 1.29 is 0 Å². The Labute approximate surface area is 80.0 Å². The Kier molecular flexibility index (Phi) is 3.08. The molecular weight excluding hydrogens is 158 g/mol. The van der Waals surface area contributed by atoms with Crippen LogP contribution >= 0.6 is 0 Å². The van der Waals surface area contributed by atoms with Crippen LogP contribution in [0.25, 0.3) is 0 Å². The molecular formula is C12H15N. The lowest BCUT2D eigenvalue weighted by Crippen LogP contribution is -2.05. The van der Waals surface area contributed by atoms with E-state index in [0.29, 0.717) is 5.92 Å². The van der Waals surface area contributed by atoms with E-state index in [1.807, 2.05) is 18.2 Å². The molecule has 0 amide bonds. The molecule has 1 rings (SSSR count). The Bertz CT molecular complexity index is 320. The van der Waals surface area contributed by atoms with Crippen LogP contribution < -0.4 is 0 Å². The van der Waals surface area contributed by atoms with Crippen LogP contribution in [0.1, 0.15) is 30.9 Å². The summed E-state index contributed by atoms with van der Waals surface area (Å²) in [6.45, 7) is 6.22. The molecule has 1 aromatic carbocycles. The number of nitrogens with zero attached hydrogens (tertiary/aromatic N) is 1. The fraction of sp³-hybridized carbons (Fsp3) is 0.417. The second-order valence-electron chi connectivity index (χ2n) is 3.71. The van der Waals surface area contributed by atoms with Gasteiger partial charge in [0.05, 0.1) is 12.0 Å². The molecule has 1 heteroatoms. The summed E-state index contributed by atoms with van der Waals surface area (Å²) in [5.41, 5.74) is 2.38. The highest BCUT2D eigenvalue weighted by Gasteiger charge is 2.15. The summed E-state index contributed by atoms with van der Waals surface area (Å²) in [7, 11) is 0. The fourth-order valence-corrected chi connectivity index (χ4v) is 1.51. The van der Waals surface area contributed by atoms with Crippen LogP contribution in [0.5, 0.6) is 0 Å². The summed E-state index contributed by atoms with van der Waals surface area (Å²) in [5.74, 6) is 0.410. The maximum atomic E-state index is 9.02. The third-order valence-corrected chi connectivity index (χ3v) is 2.33. The van der Waals surface area contributed by atoms with Gasteiger partial charge < -0.3 is 0 Å². The molecule has 0 heterocycles. The van der Waals surface area contributed by atoms with Crippen molar-refractivity contribution in [2.45, 2.75) is 26.7 Å². The molecule has 0 saturated carbocycles. The summed E-state index contributed by atoms with van der Waals surface area (Å²) in [5, 5.41) is 9.02. The minimum Gasteiger partial charge on any atom is -0.198 e. The Hall–Kier alpha value is -1.29. The van der Waals surface area contributed by atoms with E-state index in [9.17, 15) is 0 Å². The van der Waals surface area contributed by atoms with Gasteiger partial charge in [-0.05, 0) is 24.0 Å². The van der Waals surface area contributed by atoms with Crippen LogP contribution in [0.2, 0.25) is 0 Å². The van der Waals surface area contributed by atoms with Crippen LogP contribution in [0, 0.1) is 24.2 Å². The Morgan fingerprint density at radius 3 is 2.31 bits per heavy atom. The molecule has 0 aliphatic heterocycles. The van der Waals surface area contributed by atoms with Crippen molar-refractivity contribution in [3.8, 4) is 6.07 Å². The standard InChI is InChI=1S/C12H15N/c1-9(2)12(8-13)11-7-5-4-6-10(11)3/h4-7,9,12H,1-3H3/t12-/m0/s1. The van der Waals surface area contributed by atoms with Crippen LogP contribution in [0.4, 0.5) is 0 Å². The van der Waals surface area contributed by atoms with E-state index in [4.69, 9.17) is 5.26 Å². The summed E-state index contributed by atoms with van der Waals surface area (Å²) >= 11 is 0. The Balaban J connectivity index is 3.07. The zero-order valence-electron chi connectivity index (χ0n) is 8.41. The van der Waals surface area contributed by atoms with E-state index >= 15 is 0 Å². The summed E-state index contributed by atoms with van der Waals surface area (Å²) < 4.78 is 0. The molecule has 0 unspecified atom stereocenters. The van der Waals surface area contributed by atoms with Gasteiger partial charge in [0.2, 0.25) is 0 Å². The normalized spacial score (nSPS) is 12.5. The maximum absolute atomic E-state index is 9.02. The van der Waals surface area contributed by atoms with Gasteiger partial charge in [-0.3, -0.25) is 0 Å². The summed E-state index contributed by atoms with van der Waals surface area (Å²) in [6.07, 6.45) is 0. The van der Waals surface area contributed by atoms with E-state index in [-0.39, 0.29) is 5.92 Å². The molecule has 0 aliphatic rings. The van der Waals surface area contributed by atoms with Gasteiger partial charge in [0, 0.05) is 0 Å². The van der Waals surface area contributed by atoms with E-state index < -0.39 is 0 Å². The van der Waals surface area contributed by atoms with Gasteiger partial charge in [-0.15, -0.1) is 0 Å². The number of hydrogen-bond donors (Lipinski definition) is 0. The lowest BCUT2D eigenvalue weighted by atomic mass is 9.87. The molecule has 0 spiro atoms. The SMILES string of the molecule is Cc1ccccc1[C@@H](C#N)C(C)C. The number of benzene rings is 1. The third kappa shape index (κ3) is 2.09. The minimum absolute atomic E-state index is 0.0289. The summed E-state index contributed by atoms with van der Waals surface area (Å²) in [4.78, 5) is 0. The first-order chi connectivity index (χ1) is 6.16. The second kappa shape index (κ2) is 4.09. The average molecular weight is 173 g/mol. The first-order valence-corrected chi connectivity index (χ1v) is 4.62. The molecule has 68 valence electrons. The van der Waals surface area contributed by atoms with E-state index in [2.05, 4.69) is 32.9 Å². The zero-order chi connectivity index (χ0) is 9.84. The molecule has 0 aliphatic carbocycles. The van der Waals surface area contributed by atoms with Crippen molar-refractivity contribution >= 4 is 0 Å². The molecule has 0 bridgehead atoms. The Morgan fingerprint density at radius 2 is 1.85 bits per heavy atom. The number of hydrogen-bond acceptors (Lipinski definition) is 1. The molecule has 0 saturated heterocycles. The van der Waals surface area contributed by atoms with E-state index in [1.54, 1.807) is 0 Å². The fourth-order valence-electron chi connectivity index (χ4n) is 1.51. The summed E-state index contributed by atoms with van der Waals surface area (Å²) in [6, 6.07) is 10.5. The van der Waals surface area contributed by atoms with Crippen LogP contribution in [0.15, 0.2) is 24.3 Å². The number of aryl methyl sites for hydroxylation is 1. The molecule has 13 heavy (non-hydrogen) atoms. The smallest absolute Gasteiger partial charge is 0.0738 e. The lowest BCUT2D eigenvalue weighted by Gasteiger charge is -2.15. The van der Waals surface area contributed by atoms with Gasteiger partial charge in [0.15, 0.2) is 0 Å². The molecule has 1 atom stereocenters. The molecule has 1 aromatic rings. The van der Waals surface area contributed by atoms with Crippen molar-refractivity contribution in [1.82, 2.24) is 0 Å². The number of nitriles is 1. The van der Waals surface area contributed by atoms with Crippen molar-refractivity contribution in [2.75, 3.05) is 0 Å². The first kappa shape index (κ1) is 9.80. The zero-order valence-corrected chi connectivity index (χ0v) is 8.41. The van der Waals surface area contributed by atoms with Gasteiger partial charge in [-0.25, -0.2) is 0 Å². The molecule has 1 nitrogen and oxygen atoms in total. The predicted octanol–water partition coefficient (Wildman–Crippen LogP) is 3.26. The van der Waals surface area contributed by atoms with Crippen LogP contribution in [-0.4, -0.2) is 0 Å². The van der Waals surface area contributed by atoms with Crippen molar-refractivity contribution in [2.24, 2.45) is 5.92 Å². The van der Waals surface area contributed by atoms with Gasteiger partial charge in [0.25, 0.3) is 0 Å². The van der Waals surface area contributed by atoms with Crippen LogP contribution in [0.3, 0.4) is 0 Å². The Morgan fingerprint density at radius 1 is 1.23 bits per heavy atom. The third-order valence-electron chi connectivity index (χ3n) is 2.33. The lowest BCUT2D eigenvalue weighted by molar-refractivity contribution is 0.585. The van der Waals surface area contributed by atoms with E-state index in [0.717, 1.165) is 0 Å². The predicted molar refractivity (Wildman–Crippen MR) is 54.4 cm³/mol. The average Bonchev–Trinajstić information content (AvgIpc) is 2.09. The molecule has 0 radical (unpaired) electrons. The molecule has 0 N–H and O–H groups in total. The van der Waals surface area contributed by atoms with Crippen molar-refractivity contribution in [3.63, 3.8) is 0 Å². The highest BCUT2D eigenvalue weighted by molar-refractivity contribution is 5.33. The van der Waals surface area contributed by atoms with Gasteiger partial charge in [-0.1, -0.05) is 38.1 Å². The van der Waals surface area contributed by atoms with Crippen molar-refractivity contribution in [3.05, 3.63) is 35.4 Å². The van der Waals surface area contributed by atoms with E-state index in [1.165, 1.54) is 11.1 Å². The van der Waals surface area contributed by atoms with Gasteiger partial charge in [-0.2, -0.15) is 5.26 Å². The van der Waals surface area contributed by atoms with Crippen LogP contribution in [-0.2, 0) is 0 Å². The topological polar surface area (TPSA) is 23.8 Å². The van der Waals surface area contributed by atoms with Crippen molar-refractivity contribution in [1.29, 1.82) is 5.26 Å². The maximum Gasteiger partial charge on any atom is 0.0738 e. The van der Waals surface area contributed by atoms with Gasteiger partial charge >= 0.3 is 0 Å². The molecule has 0 fully saturated rings.